The number of hydrogen-bond acceptors (Lipinski definition) is 3. The highest BCUT2D eigenvalue weighted by molar-refractivity contribution is 7.09. The molecule has 4 nitrogen and oxygen atoms in total. The normalized spacial score (nSPS) is 18.3. The zero-order valence-electron chi connectivity index (χ0n) is 16.2. The summed E-state index contributed by atoms with van der Waals surface area (Å²) in [7, 11) is 4.61. The molecule has 0 radical (unpaired) electrons. The van der Waals surface area contributed by atoms with Crippen LogP contribution in [0.2, 0.25) is 0 Å². The number of pyridine rings is 3. The van der Waals surface area contributed by atoms with E-state index in [1.807, 2.05) is 36.8 Å². The summed E-state index contributed by atoms with van der Waals surface area (Å²) in [6.07, 6.45) is 5.27. The van der Waals surface area contributed by atoms with Crippen LogP contribution in [0.5, 0.6) is 0 Å². The van der Waals surface area contributed by atoms with Crippen molar-refractivity contribution in [1.29, 1.82) is 0 Å². The van der Waals surface area contributed by atoms with Crippen molar-refractivity contribution in [3.05, 3.63) is 84.5 Å². The molecule has 0 spiro atoms. The Morgan fingerprint density at radius 3 is 1.81 bits per heavy atom. The van der Waals surface area contributed by atoms with E-state index >= 15 is 0 Å². The Kier molecular flexibility index (Phi) is 4.40. The maximum Gasteiger partial charge on any atom is 0.327 e. The Labute approximate surface area is 161 Å². The quantitative estimate of drug-likeness (QED) is 0.677. The minimum Gasteiger partial charge on any atom is -0.506 e. The molecule has 0 fully saturated rings. The first-order chi connectivity index (χ1) is 13.1. The fourth-order valence-electron chi connectivity index (χ4n) is 4.85. The molecule has 4 rings (SSSR count). The van der Waals surface area contributed by atoms with Crippen LogP contribution in [0.25, 0.3) is 5.47 Å². The number of hydrogen-bond donors (Lipinski definition) is 0. The summed E-state index contributed by atoms with van der Waals surface area (Å²) >= 11 is 0. The third kappa shape index (κ3) is 2.70. The van der Waals surface area contributed by atoms with Gasteiger partial charge in [0.15, 0.2) is 0 Å². The minimum absolute atomic E-state index is 0.803. The number of aromatic nitrogens is 3. The molecule has 27 heavy (non-hydrogen) atoms. The second-order valence-corrected chi connectivity index (χ2v) is 7.99. The number of rotatable bonds is 3. The van der Waals surface area contributed by atoms with Crippen LogP contribution in [0.1, 0.15) is 19.0 Å². The molecule has 0 atom stereocenters. The van der Waals surface area contributed by atoms with E-state index in [1.54, 1.807) is 0 Å². The molecule has 0 saturated carbocycles. The first kappa shape index (κ1) is 17.6. The average Bonchev–Trinajstić information content (AvgIpc) is 2.71. The molecule has 4 heterocycles. The highest BCUT2D eigenvalue weighted by atomic mass is 15.3. The van der Waals surface area contributed by atoms with Crippen molar-refractivity contribution in [1.82, 2.24) is 15.0 Å². The molecular formula is C22H25BN4. The summed E-state index contributed by atoms with van der Waals surface area (Å²) in [5.41, 5.74) is 5.82. The molecule has 0 bridgehead atoms. The van der Waals surface area contributed by atoms with Crippen LogP contribution in [0, 0.1) is 0 Å². The van der Waals surface area contributed by atoms with Crippen molar-refractivity contribution < 1.29 is 4.39 Å². The van der Waals surface area contributed by atoms with Crippen molar-refractivity contribution in [3.8, 4) is 0 Å². The van der Waals surface area contributed by atoms with Gasteiger partial charge in [-0.2, -0.15) is 0 Å². The van der Waals surface area contributed by atoms with E-state index in [-0.39, 0.29) is 0 Å². The lowest BCUT2D eigenvalue weighted by molar-refractivity contribution is -0.787. The summed E-state index contributed by atoms with van der Waals surface area (Å²) < 4.78 is 0.803. The lowest BCUT2D eigenvalue weighted by Gasteiger charge is -2.59. The molecule has 0 N–H and O–H groups in total. The third-order valence-electron chi connectivity index (χ3n) is 6.16. The minimum atomic E-state index is -1.44. The van der Waals surface area contributed by atoms with Gasteiger partial charge in [-0.15, -0.1) is 5.47 Å². The summed E-state index contributed by atoms with van der Waals surface area (Å²) in [5.74, 6) is 0. The smallest absolute Gasteiger partial charge is 0.327 e. The molecule has 1 aliphatic rings. The zero-order chi connectivity index (χ0) is 18.9. The van der Waals surface area contributed by atoms with E-state index in [0.717, 1.165) is 34.2 Å². The van der Waals surface area contributed by atoms with Crippen LogP contribution in [0.15, 0.2) is 78.8 Å². The van der Waals surface area contributed by atoms with Crippen LogP contribution >= 0.6 is 0 Å². The van der Waals surface area contributed by atoms with Gasteiger partial charge in [-0.25, -0.2) is 0 Å². The molecule has 0 aliphatic carbocycles. The lowest BCUT2D eigenvalue weighted by atomic mass is 9.22. The van der Waals surface area contributed by atoms with Crippen LogP contribution in [-0.2, 0) is 0 Å². The maximum absolute atomic E-state index is 4.87. The summed E-state index contributed by atoms with van der Waals surface area (Å²) in [4.78, 5) is 14.5. The highest BCUT2D eigenvalue weighted by Crippen LogP contribution is 2.38. The third-order valence-corrected chi connectivity index (χ3v) is 6.16. The molecule has 1 aliphatic heterocycles. The summed E-state index contributed by atoms with van der Waals surface area (Å²) in [6, 6.07) is 18.6. The molecule has 0 aromatic carbocycles. The van der Waals surface area contributed by atoms with Crippen LogP contribution in [-0.4, -0.2) is 46.3 Å². The van der Waals surface area contributed by atoms with E-state index in [9.17, 15) is 0 Å². The van der Waals surface area contributed by atoms with Gasteiger partial charge in [-0.1, -0.05) is 35.9 Å². The second kappa shape index (κ2) is 6.74. The van der Waals surface area contributed by atoms with Gasteiger partial charge in [0.1, 0.15) is 0 Å². The Hall–Kier alpha value is -2.79. The number of quaternary nitrogens is 1. The molecule has 0 saturated heterocycles. The Balaban J connectivity index is 2.14. The van der Waals surface area contributed by atoms with Crippen LogP contribution in [0.4, 0.5) is 0 Å². The van der Waals surface area contributed by atoms with Gasteiger partial charge in [0.25, 0.3) is 0 Å². The predicted octanol–water partition coefficient (Wildman–Crippen LogP) is 2.42. The average molecular weight is 356 g/mol. The largest absolute Gasteiger partial charge is 0.506 e. The van der Waals surface area contributed by atoms with E-state index < -0.39 is 6.28 Å². The zero-order valence-corrected chi connectivity index (χ0v) is 16.2. The van der Waals surface area contributed by atoms with Crippen molar-refractivity contribution in [3.63, 3.8) is 0 Å². The van der Waals surface area contributed by atoms with Gasteiger partial charge in [-0.05, 0) is 42.4 Å². The second-order valence-electron chi connectivity index (χ2n) is 7.99. The Morgan fingerprint density at radius 2 is 1.33 bits per heavy atom. The summed E-state index contributed by atoms with van der Waals surface area (Å²) in [6.45, 7) is 3.28. The van der Waals surface area contributed by atoms with Crippen molar-refractivity contribution >= 4 is 22.9 Å². The van der Waals surface area contributed by atoms with Gasteiger partial charge in [0.2, 0.25) is 0 Å². The Morgan fingerprint density at radius 1 is 0.778 bits per heavy atom. The molecule has 0 amide bonds. The SMILES string of the molecule is CC1=C(c2ccccn2)[B-](c2ccccn2)(c2ccccn2)[N+](C)(C)CC1. The first-order valence-corrected chi connectivity index (χ1v) is 9.50. The van der Waals surface area contributed by atoms with E-state index in [0.29, 0.717) is 0 Å². The number of nitrogens with zero attached hydrogens (tertiary/aromatic N) is 4. The van der Waals surface area contributed by atoms with Gasteiger partial charge >= 0.3 is 6.28 Å². The fraction of sp³-hybridized carbons (Fsp3) is 0.227. The molecule has 136 valence electrons. The summed E-state index contributed by atoms with van der Waals surface area (Å²) in [5, 5.41) is 0. The molecule has 3 aromatic heterocycles. The first-order valence-electron chi connectivity index (χ1n) is 9.50. The van der Waals surface area contributed by atoms with E-state index in [1.165, 1.54) is 11.0 Å². The standard InChI is InChI=1S/C22H25BN4/c1-18-13-17-27(2,3)23(20-11-5-8-15-25-20,21-12-6-9-16-26-21)22(18)19-10-4-7-14-24-19/h4-12,14-16H,13,17H2,1-3H3. The lowest BCUT2D eigenvalue weighted by Crippen LogP contribution is -2.80. The van der Waals surface area contributed by atoms with Gasteiger partial charge in [0, 0.05) is 51.3 Å². The van der Waals surface area contributed by atoms with Crippen molar-refractivity contribution in [2.45, 2.75) is 13.3 Å². The van der Waals surface area contributed by atoms with Crippen molar-refractivity contribution in [2.75, 3.05) is 20.6 Å². The maximum atomic E-state index is 4.87. The van der Waals surface area contributed by atoms with Gasteiger partial charge < -0.3 is 4.39 Å². The van der Waals surface area contributed by atoms with Crippen LogP contribution in [0.3, 0.4) is 0 Å². The molecule has 3 aromatic rings. The molecule has 5 heteroatoms. The molecular weight excluding hydrogens is 331 g/mol. The Bertz CT molecular complexity index is 914. The van der Waals surface area contributed by atoms with Crippen molar-refractivity contribution in [2.24, 2.45) is 0 Å². The van der Waals surface area contributed by atoms with Gasteiger partial charge in [-0.3, -0.25) is 15.0 Å². The van der Waals surface area contributed by atoms with Gasteiger partial charge in [0.05, 0.1) is 0 Å². The highest BCUT2D eigenvalue weighted by Gasteiger charge is 2.53. The molecule has 0 unspecified atom stereocenters. The fourth-order valence-corrected chi connectivity index (χ4v) is 4.85. The van der Waals surface area contributed by atoms with E-state index in [4.69, 9.17) is 15.0 Å². The monoisotopic (exact) mass is 356 g/mol. The van der Waals surface area contributed by atoms with Crippen LogP contribution < -0.4 is 11.2 Å². The predicted molar refractivity (Wildman–Crippen MR) is 112 cm³/mol. The topological polar surface area (TPSA) is 38.7 Å². The van der Waals surface area contributed by atoms with E-state index in [2.05, 4.69) is 57.4 Å².